The standard InChI is InChI=1S/C11H12FN7O3S2/c12-7-3-6(24(21,22)19-9-4-15-5-23-9)1-2-8(7)16-11(20)18-17-10(13)14/h1-5,19H,(H4,13,14,17)(H2,16,18,20). The number of guanidine groups is 1. The zero-order chi connectivity index (χ0) is 17.7. The summed E-state index contributed by atoms with van der Waals surface area (Å²) in [5, 5.41) is 9.27. The lowest BCUT2D eigenvalue weighted by Crippen LogP contribution is -2.46. The number of hydrazine groups is 1. The number of anilines is 2. The van der Waals surface area contributed by atoms with E-state index in [1.807, 2.05) is 10.9 Å². The molecule has 0 bridgehead atoms. The number of nitrogens with zero attached hydrogens (tertiary/aromatic N) is 1. The van der Waals surface area contributed by atoms with Gasteiger partial charge in [0.2, 0.25) is 5.96 Å². The quantitative estimate of drug-likeness (QED) is 0.261. The maximum Gasteiger partial charge on any atom is 0.338 e. The summed E-state index contributed by atoms with van der Waals surface area (Å²) in [5.74, 6) is -1.47. The van der Waals surface area contributed by atoms with Gasteiger partial charge in [-0.15, -0.1) is 11.3 Å². The van der Waals surface area contributed by atoms with Crippen LogP contribution in [0.1, 0.15) is 0 Å². The fourth-order valence-corrected chi connectivity index (χ4v) is 3.32. The van der Waals surface area contributed by atoms with E-state index in [0.29, 0.717) is 0 Å². The number of aromatic nitrogens is 1. The van der Waals surface area contributed by atoms with E-state index in [4.69, 9.17) is 11.1 Å². The number of halogens is 1. The number of carbonyl (C=O) groups is 1. The summed E-state index contributed by atoms with van der Waals surface area (Å²) in [7, 11) is -3.98. The van der Waals surface area contributed by atoms with Crippen molar-refractivity contribution in [3.05, 3.63) is 35.7 Å². The lowest BCUT2D eigenvalue weighted by atomic mass is 10.3. The van der Waals surface area contributed by atoms with Crippen LogP contribution in [-0.2, 0) is 10.0 Å². The summed E-state index contributed by atoms with van der Waals surface area (Å²) < 4.78 is 40.5. The van der Waals surface area contributed by atoms with Crippen LogP contribution < -0.4 is 26.6 Å². The first-order chi connectivity index (χ1) is 11.3. The lowest BCUT2D eigenvalue weighted by Gasteiger charge is -2.10. The number of hydrogen-bond acceptors (Lipinski definition) is 6. The largest absolute Gasteiger partial charge is 0.369 e. The Bertz CT molecular complexity index is 855. The van der Waals surface area contributed by atoms with Gasteiger partial charge in [-0.05, 0) is 18.2 Å². The van der Waals surface area contributed by atoms with E-state index in [1.165, 1.54) is 11.7 Å². The number of thiazole rings is 1. The molecule has 0 aliphatic rings. The summed E-state index contributed by atoms with van der Waals surface area (Å²) >= 11 is 1.07. The molecule has 0 fully saturated rings. The lowest BCUT2D eigenvalue weighted by molar-refractivity contribution is 0.250. The maximum atomic E-state index is 14.0. The molecule has 0 spiro atoms. The van der Waals surface area contributed by atoms with Gasteiger partial charge in [0.25, 0.3) is 10.0 Å². The topological polar surface area (TPSA) is 162 Å². The number of nitrogens with two attached hydrogens (primary N) is 1. The third kappa shape index (κ3) is 4.53. The number of hydrogen-bond donors (Lipinski definition) is 6. The van der Waals surface area contributed by atoms with Crippen molar-refractivity contribution in [2.24, 2.45) is 5.73 Å². The molecule has 1 aromatic heterocycles. The molecule has 2 rings (SSSR count). The smallest absolute Gasteiger partial charge is 0.338 e. The first kappa shape index (κ1) is 17.4. The van der Waals surface area contributed by atoms with Crippen molar-refractivity contribution < 1.29 is 17.6 Å². The fourth-order valence-electron chi connectivity index (χ4n) is 1.50. The van der Waals surface area contributed by atoms with Gasteiger partial charge in [-0.3, -0.25) is 20.5 Å². The van der Waals surface area contributed by atoms with E-state index in [1.54, 1.807) is 0 Å². The Kier molecular flexibility index (Phi) is 5.15. The highest BCUT2D eigenvalue weighted by Gasteiger charge is 2.18. The van der Waals surface area contributed by atoms with E-state index in [0.717, 1.165) is 29.5 Å². The Morgan fingerprint density at radius 3 is 2.67 bits per heavy atom. The molecule has 0 atom stereocenters. The number of amides is 2. The molecular weight excluding hydrogens is 361 g/mol. The van der Waals surface area contributed by atoms with Crippen molar-refractivity contribution in [1.29, 1.82) is 5.41 Å². The van der Waals surface area contributed by atoms with Gasteiger partial charge in [-0.1, -0.05) is 0 Å². The Labute approximate surface area is 139 Å². The third-order valence-electron chi connectivity index (χ3n) is 2.48. The average molecular weight is 373 g/mol. The Morgan fingerprint density at radius 1 is 1.33 bits per heavy atom. The van der Waals surface area contributed by atoms with Crippen LogP contribution in [0.2, 0.25) is 0 Å². The Balaban J connectivity index is 2.11. The van der Waals surface area contributed by atoms with Crippen LogP contribution in [0.15, 0.2) is 34.8 Å². The third-order valence-corrected chi connectivity index (χ3v) is 4.66. The highest BCUT2D eigenvalue weighted by molar-refractivity contribution is 7.93. The zero-order valence-electron chi connectivity index (χ0n) is 11.8. The molecule has 0 aliphatic heterocycles. The molecule has 10 nitrogen and oxygen atoms in total. The molecule has 24 heavy (non-hydrogen) atoms. The highest BCUT2D eigenvalue weighted by Crippen LogP contribution is 2.22. The van der Waals surface area contributed by atoms with Gasteiger partial charge in [0, 0.05) is 0 Å². The van der Waals surface area contributed by atoms with E-state index in [9.17, 15) is 17.6 Å². The van der Waals surface area contributed by atoms with Gasteiger partial charge in [0.1, 0.15) is 10.8 Å². The minimum atomic E-state index is -3.98. The number of urea groups is 1. The van der Waals surface area contributed by atoms with Gasteiger partial charge < -0.3 is 11.1 Å². The number of benzene rings is 1. The highest BCUT2D eigenvalue weighted by atomic mass is 32.2. The number of nitrogens with one attached hydrogen (secondary N) is 5. The van der Waals surface area contributed by atoms with Crippen LogP contribution >= 0.6 is 11.3 Å². The summed E-state index contributed by atoms with van der Waals surface area (Å²) in [5.41, 5.74) is 10.1. The summed E-state index contributed by atoms with van der Waals surface area (Å²) in [6.07, 6.45) is 1.32. The van der Waals surface area contributed by atoms with E-state index >= 15 is 0 Å². The van der Waals surface area contributed by atoms with Crippen LogP contribution in [-0.4, -0.2) is 25.4 Å². The summed E-state index contributed by atoms with van der Waals surface area (Å²) in [4.78, 5) is 14.8. The van der Waals surface area contributed by atoms with Crippen LogP contribution in [0.5, 0.6) is 0 Å². The molecule has 2 aromatic rings. The second-order valence-electron chi connectivity index (χ2n) is 4.23. The second kappa shape index (κ2) is 7.10. The molecule has 0 saturated carbocycles. The predicted octanol–water partition coefficient (Wildman–Crippen LogP) is 0.603. The molecule has 0 saturated heterocycles. The molecule has 1 heterocycles. The molecule has 7 N–H and O–H groups in total. The van der Waals surface area contributed by atoms with Crippen molar-refractivity contribution >= 4 is 44.0 Å². The summed E-state index contributed by atoms with van der Waals surface area (Å²) in [6.45, 7) is 0. The molecule has 0 unspecified atom stereocenters. The minimum Gasteiger partial charge on any atom is -0.369 e. The molecule has 128 valence electrons. The molecule has 2 amide bonds. The van der Waals surface area contributed by atoms with E-state index in [-0.39, 0.29) is 15.6 Å². The molecule has 0 aliphatic carbocycles. The minimum absolute atomic E-state index is 0.255. The Hall–Kier alpha value is -2.93. The maximum absolute atomic E-state index is 14.0. The predicted molar refractivity (Wildman–Crippen MR) is 86.5 cm³/mol. The first-order valence-electron chi connectivity index (χ1n) is 6.16. The van der Waals surface area contributed by atoms with Crippen molar-refractivity contribution in [2.45, 2.75) is 4.90 Å². The van der Waals surface area contributed by atoms with E-state index < -0.39 is 27.8 Å². The average Bonchev–Trinajstić information content (AvgIpc) is 2.99. The molecule has 0 radical (unpaired) electrons. The van der Waals surface area contributed by atoms with Crippen LogP contribution in [0, 0.1) is 11.2 Å². The second-order valence-corrected chi connectivity index (χ2v) is 6.80. The molecule has 1 aromatic carbocycles. The zero-order valence-corrected chi connectivity index (χ0v) is 13.5. The van der Waals surface area contributed by atoms with Crippen LogP contribution in [0.3, 0.4) is 0 Å². The summed E-state index contributed by atoms with van der Waals surface area (Å²) in [6, 6.07) is 2.09. The van der Waals surface area contributed by atoms with Crippen molar-refractivity contribution in [2.75, 3.05) is 10.0 Å². The van der Waals surface area contributed by atoms with Gasteiger partial charge >= 0.3 is 6.03 Å². The van der Waals surface area contributed by atoms with Crippen LogP contribution in [0.4, 0.5) is 19.9 Å². The van der Waals surface area contributed by atoms with Crippen LogP contribution in [0.25, 0.3) is 0 Å². The Morgan fingerprint density at radius 2 is 2.08 bits per heavy atom. The van der Waals surface area contributed by atoms with Gasteiger partial charge in [-0.25, -0.2) is 23.0 Å². The number of sulfonamides is 1. The first-order valence-corrected chi connectivity index (χ1v) is 8.52. The number of rotatable bonds is 4. The SMILES string of the molecule is N=C(N)NNC(=O)Nc1ccc(S(=O)(=O)Nc2cncs2)cc1F. The van der Waals surface area contributed by atoms with E-state index in [2.05, 4.69) is 15.0 Å². The van der Waals surface area contributed by atoms with Gasteiger partial charge in [0.05, 0.1) is 22.3 Å². The van der Waals surface area contributed by atoms with Gasteiger partial charge in [-0.2, -0.15) is 0 Å². The van der Waals surface area contributed by atoms with Crippen molar-refractivity contribution in [1.82, 2.24) is 15.8 Å². The van der Waals surface area contributed by atoms with Crippen molar-refractivity contribution in [3.63, 3.8) is 0 Å². The fraction of sp³-hybridized carbons (Fsp3) is 0. The van der Waals surface area contributed by atoms with Gasteiger partial charge in [0.15, 0.2) is 0 Å². The number of carbonyl (C=O) groups excluding carboxylic acids is 1. The molecular formula is C11H12FN7O3S2. The van der Waals surface area contributed by atoms with Crippen molar-refractivity contribution in [3.8, 4) is 0 Å². The monoisotopic (exact) mass is 373 g/mol. The normalized spacial score (nSPS) is 10.7. The molecule has 13 heteroatoms.